The van der Waals surface area contributed by atoms with Crippen molar-refractivity contribution in [2.24, 2.45) is 35.5 Å². The van der Waals surface area contributed by atoms with Gasteiger partial charge in [0.2, 0.25) is 0 Å². The van der Waals surface area contributed by atoms with Gasteiger partial charge in [-0.25, -0.2) is 9.59 Å². The van der Waals surface area contributed by atoms with E-state index in [0.29, 0.717) is 36.9 Å². The van der Waals surface area contributed by atoms with Gasteiger partial charge in [-0.2, -0.15) is 0 Å². The van der Waals surface area contributed by atoms with Crippen LogP contribution in [-0.2, 0) is 18.9 Å². The molecule has 0 radical (unpaired) electrons. The average Bonchev–Trinajstić information content (AvgIpc) is 3.42. The van der Waals surface area contributed by atoms with Crippen LogP contribution in [0.4, 0.5) is 9.59 Å². The third kappa shape index (κ3) is 3.50. The molecule has 3 saturated carbocycles. The Bertz CT molecular complexity index is 566. The third-order valence-electron chi connectivity index (χ3n) is 7.18. The Morgan fingerprint density at radius 1 is 0.786 bits per heavy atom. The molecule has 0 spiro atoms. The fraction of sp³-hybridized carbons (Fsp3) is 0.818. The molecule has 4 rings (SSSR count). The summed E-state index contributed by atoms with van der Waals surface area (Å²) in [4.78, 5) is 24.4. The number of carbonyl (C=O) groups is 2. The zero-order valence-corrected chi connectivity index (χ0v) is 16.9. The molecule has 0 amide bonds. The van der Waals surface area contributed by atoms with Gasteiger partial charge in [-0.1, -0.05) is 38.8 Å². The SMILES string of the molecule is CCCCOC(=O)OC1C2CC(C1OC(=O)OCCCC)C1C3C=CC(C3)C21. The van der Waals surface area contributed by atoms with Crippen LogP contribution in [0.1, 0.15) is 52.4 Å². The van der Waals surface area contributed by atoms with Gasteiger partial charge in [-0.15, -0.1) is 0 Å². The third-order valence-corrected chi connectivity index (χ3v) is 7.18. The molecule has 0 aromatic heterocycles. The normalized spacial score (nSPS) is 39.1. The van der Waals surface area contributed by atoms with Gasteiger partial charge in [0.25, 0.3) is 0 Å². The van der Waals surface area contributed by atoms with Crippen molar-refractivity contribution in [2.75, 3.05) is 13.2 Å². The number of carbonyl (C=O) groups excluding carboxylic acids is 2. The van der Waals surface area contributed by atoms with E-state index in [1.54, 1.807) is 0 Å². The molecular weight excluding hydrogens is 360 g/mol. The van der Waals surface area contributed by atoms with E-state index in [1.807, 2.05) is 13.8 Å². The molecule has 0 N–H and O–H groups in total. The molecule has 4 bridgehead atoms. The number of fused-ring (bicyclic) bond motifs is 9. The van der Waals surface area contributed by atoms with Gasteiger partial charge in [0.1, 0.15) is 12.2 Å². The number of hydrogen-bond donors (Lipinski definition) is 0. The van der Waals surface area contributed by atoms with Crippen molar-refractivity contribution in [2.45, 2.75) is 64.6 Å². The van der Waals surface area contributed by atoms with Crippen LogP contribution in [0.25, 0.3) is 0 Å². The van der Waals surface area contributed by atoms with Crippen LogP contribution >= 0.6 is 0 Å². The zero-order chi connectivity index (χ0) is 19.7. The molecule has 4 aliphatic rings. The lowest BCUT2D eigenvalue weighted by Gasteiger charge is -2.40. The van der Waals surface area contributed by atoms with Gasteiger partial charge in [-0.05, 0) is 49.4 Å². The fourth-order valence-electron chi connectivity index (χ4n) is 6.13. The van der Waals surface area contributed by atoms with Crippen molar-refractivity contribution in [3.8, 4) is 0 Å². The monoisotopic (exact) mass is 392 g/mol. The number of hydrogen-bond acceptors (Lipinski definition) is 6. The lowest BCUT2D eigenvalue weighted by molar-refractivity contribution is -0.100. The van der Waals surface area contributed by atoms with E-state index in [0.717, 1.165) is 32.1 Å². The second-order valence-electron chi connectivity index (χ2n) is 8.74. The summed E-state index contributed by atoms with van der Waals surface area (Å²) in [5.74, 6) is 2.69. The Kier molecular flexibility index (Phi) is 5.83. The van der Waals surface area contributed by atoms with Crippen LogP contribution in [0.2, 0.25) is 0 Å². The largest absolute Gasteiger partial charge is 0.508 e. The van der Waals surface area contributed by atoms with Crippen molar-refractivity contribution in [3.63, 3.8) is 0 Å². The van der Waals surface area contributed by atoms with E-state index in [4.69, 9.17) is 18.9 Å². The van der Waals surface area contributed by atoms with Crippen LogP contribution in [0, 0.1) is 35.5 Å². The maximum atomic E-state index is 12.2. The molecule has 6 heteroatoms. The highest BCUT2D eigenvalue weighted by atomic mass is 16.8. The summed E-state index contributed by atoms with van der Waals surface area (Å²) in [6, 6.07) is 0. The highest BCUT2D eigenvalue weighted by Crippen LogP contribution is 2.66. The van der Waals surface area contributed by atoms with E-state index in [-0.39, 0.29) is 11.8 Å². The molecule has 0 aromatic carbocycles. The quantitative estimate of drug-likeness (QED) is 0.258. The second kappa shape index (κ2) is 8.34. The van der Waals surface area contributed by atoms with Gasteiger partial charge in [-0.3, -0.25) is 0 Å². The summed E-state index contributed by atoms with van der Waals surface area (Å²) in [5.41, 5.74) is 0. The molecule has 3 fully saturated rings. The summed E-state index contributed by atoms with van der Waals surface area (Å²) < 4.78 is 21.9. The lowest BCUT2D eigenvalue weighted by atomic mass is 9.71. The summed E-state index contributed by atoms with van der Waals surface area (Å²) in [6.07, 6.45) is 8.20. The highest BCUT2D eigenvalue weighted by molar-refractivity contribution is 5.62. The van der Waals surface area contributed by atoms with Crippen LogP contribution in [0.15, 0.2) is 12.2 Å². The maximum absolute atomic E-state index is 12.2. The first-order valence-corrected chi connectivity index (χ1v) is 11.0. The van der Waals surface area contributed by atoms with Crippen LogP contribution < -0.4 is 0 Å². The predicted molar refractivity (Wildman–Crippen MR) is 102 cm³/mol. The minimum Gasteiger partial charge on any atom is -0.434 e. The van der Waals surface area contributed by atoms with Crippen LogP contribution in [-0.4, -0.2) is 37.7 Å². The van der Waals surface area contributed by atoms with Crippen molar-refractivity contribution in [1.29, 1.82) is 0 Å². The molecule has 8 atom stereocenters. The fourth-order valence-corrected chi connectivity index (χ4v) is 6.13. The Balaban J connectivity index is 1.43. The molecule has 0 heterocycles. The van der Waals surface area contributed by atoms with Crippen molar-refractivity contribution in [1.82, 2.24) is 0 Å². The number of unbranched alkanes of at least 4 members (excludes halogenated alkanes) is 2. The van der Waals surface area contributed by atoms with E-state index >= 15 is 0 Å². The Morgan fingerprint density at radius 2 is 1.25 bits per heavy atom. The Hall–Kier alpha value is -1.72. The van der Waals surface area contributed by atoms with E-state index in [9.17, 15) is 9.59 Å². The molecular formula is C22H32O6. The molecule has 28 heavy (non-hydrogen) atoms. The average molecular weight is 392 g/mol. The lowest BCUT2D eigenvalue weighted by Crippen LogP contribution is -2.47. The molecule has 0 saturated heterocycles. The van der Waals surface area contributed by atoms with Gasteiger partial charge in [0.05, 0.1) is 13.2 Å². The summed E-state index contributed by atoms with van der Waals surface area (Å²) >= 11 is 0. The van der Waals surface area contributed by atoms with Gasteiger partial charge < -0.3 is 18.9 Å². The highest BCUT2D eigenvalue weighted by Gasteiger charge is 2.67. The van der Waals surface area contributed by atoms with Crippen molar-refractivity contribution in [3.05, 3.63) is 12.2 Å². The molecule has 6 nitrogen and oxygen atoms in total. The molecule has 0 aromatic rings. The zero-order valence-electron chi connectivity index (χ0n) is 16.9. The smallest absolute Gasteiger partial charge is 0.434 e. The second-order valence-corrected chi connectivity index (χ2v) is 8.74. The number of rotatable bonds is 8. The maximum Gasteiger partial charge on any atom is 0.508 e. The van der Waals surface area contributed by atoms with Gasteiger partial charge in [0, 0.05) is 11.8 Å². The molecule has 0 aliphatic heterocycles. The van der Waals surface area contributed by atoms with Crippen LogP contribution in [0.5, 0.6) is 0 Å². The van der Waals surface area contributed by atoms with E-state index < -0.39 is 24.5 Å². The van der Waals surface area contributed by atoms with Gasteiger partial charge in [0.15, 0.2) is 0 Å². The summed E-state index contributed by atoms with van der Waals surface area (Å²) in [5, 5.41) is 0. The van der Waals surface area contributed by atoms with Gasteiger partial charge >= 0.3 is 12.3 Å². The molecule has 8 unspecified atom stereocenters. The van der Waals surface area contributed by atoms with Crippen LogP contribution in [0.3, 0.4) is 0 Å². The van der Waals surface area contributed by atoms with Crippen molar-refractivity contribution < 1.29 is 28.5 Å². The predicted octanol–water partition coefficient (Wildman–Crippen LogP) is 4.72. The first-order valence-electron chi connectivity index (χ1n) is 11.0. The molecule has 4 aliphatic carbocycles. The first-order chi connectivity index (χ1) is 13.6. The number of allylic oxidation sites excluding steroid dienone is 2. The minimum atomic E-state index is -0.644. The number of ether oxygens (including phenoxy) is 4. The Morgan fingerprint density at radius 3 is 1.68 bits per heavy atom. The standard InChI is InChI=1S/C22H32O6/c1-3-5-9-25-21(23)27-19-15-12-16(18-14-8-7-13(11-14)17(15)18)20(19)28-22(24)26-10-6-4-2/h7-8,13-20H,3-6,9-12H2,1-2H3. The topological polar surface area (TPSA) is 71.1 Å². The summed E-state index contributed by atoms with van der Waals surface area (Å²) in [6.45, 7) is 4.81. The Labute approximate surface area is 166 Å². The van der Waals surface area contributed by atoms with E-state index in [2.05, 4.69) is 12.2 Å². The van der Waals surface area contributed by atoms with Crippen molar-refractivity contribution >= 4 is 12.3 Å². The summed E-state index contributed by atoms with van der Waals surface area (Å²) in [7, 11) is 0. The van der Waals surface area contributed by atoms with E-state index in [1.165, 1.54) is 6.42 Å². The minimum absolute atomic E-state index is 0.238. The molecule has 156 valence electrons. The first kappa shape index (κ1) is 19.6.